The van der Waals surface area contributed by atoms with Crippen molar-refractivity contribution in [1.29, 1.82) is 0 Å². The van der Waals surface area contributed by atoms with Gasteiger partial charge in [-0.1, -0.05) is 0 Å². The van der Waals surface area contributed by atoms with E-state index in [2.05, 4.69) is 25.0 Å². The summed E-state index contributed by atoms with van der Waals surface area (Å²) in [6.45, 7) is 3.28. The number of halogens is 4. The molecule has 4 heterocycles. The van der Waals surface area contributed by atoms with Crippen molar-refractivity contribution < 1.29 is 22.3 Å². The summed E-state index contributed by atoms with van der Waals surface area (Å²) in [7, 11) is 0. The topological polar surface area (TPSA) is 81.9 Å². The van der Waals surface area contributed by atoms with Gasteiger partial charge in [-0.2, -0.15) is 18.9 Å². The lowest BCUT2D eigenvalue weighted by Gasteiger charge is -2.36. The van der Waals surface area contributed by atoms with Crippen molar-refractivity contribution in [3.8, 4) is 11.3 Å². The molecular weight excluding hydrogens is 466 g/mol. The third kappa shape index (κ3) is 4.41. The number of alkyl halides is 2. The van der Waals surface area contributed by atoms with Gasteiger partial charge in [0.1, 0.15) is 28.9 Å². The minimum absolute atomic E-state index is 0.0636. The summed E-state index contributed by atoms with van der Waals surface area (Å²) in [4.78, 5) is 20.0. The fourth-order valence-electron chi connectivity index (χ4n) is 4.04. The summed E-state index contributed by atoms with van der Waals surface area (Å²) in [6, 6.07) is 3.23. The predicted octanol–water partition coefficient (Wildman–Crippen LogP) is 4.54. The molecule has 1 fully saturated rings. The standard InChI is InChI=1S/C23H21F4N7O/c1-11-8-33(10-18(35-11)14-7-28-34(9-14)22(26)27)23-31-19(16-5-4-15(24)6-17(16)25)20-21(32-23)30-13(3)12(2)29-20/h4-7,9,11,18,22H,8,10H2,1-3H3/t11-,18+/m1/s1. The average Bonchev–Trinajstić information content (AvgIpc) is 3.30. The van der Waals surface area contributed by atoms with Crippen LogP contribution in [0.25, 0.3) is 22.4 Å². The molecule has 1 aliphatic rings. The van der Waals surface area contributed by atoms with E-state index in [1.54, 1.807) is 13.8 Å². The van der Waals surface area contributed by atoms with Crippen LogP contribution in [0.2, 0.25) is 0 Å². The second kappa shape index (κ2) is 8.84. The molecule has 1 aliphatic heterocycles. The summed E-state index contributed by atoms with van der Waals surface area (Å²) in [6.07, 6.45) is 1.72. The Kier molecular flexibility index (Phi) is 5.83. The highest BCUT2D eigenvalue weighted by atomic mass is 19.3. The van der Waals surface area contributed by atoms with Gasteiger partial charge in [-0.3, -0.25) is 0 Å². The molecule has 0 amide bonds. The summed E-state index contributed by atoms with van der Waals surface area (Å²) in [5, 5.41) is 3.69. The average molecular weight is 487 g/mol. The first-order chi connectivity index (χ1) is 16.7. The molecule has 12 heteroatoms. The molecule has 1 aromatic carbocycles. The largest absolute Gasteiger partial charge is 0.367 e. The predicted molar refractivity (Wildman–Crippen MR) is 119 cm³/mol. The lowest BCUT2D eigenvalue weighted by molar-refractivity contribution is -0.0181. The van der Waals surface area contributed by atoms with Gasteiger partial charge < -0.3 is 9.64 Å². The summed E-state index contributed by atoms with van der Waals surface area (Å²) >= 11 is 0. The van der Waals surface area contributed by atoms with Crippen LogP contribution in [0.4, 0.5) is 23.5 Å². The number of fused-ring (bicyclic) bond motifs is 1. The Morgan fingerprint density at radius 2 is 1.80 bits per heavy atom. The smallest absolute Gasteiger partial charge is 0.333 e. The highest BCUT2D eigenvalue weighted by molar-refractivity contribution is 5.88. The van der Waals surface area contributed by atoms with Crippen LogP contribution < -0.4 is 4.90 Å². The molecule has 0 aliphatic carbocycles. The second-order valence-electron chi connectivity index (χ2n) is 8.43. The lowest BCUT2D eigenvalue weighted by Crippen LogP contribution is -2.43. The van der Waals surface area contributed by atoms with Crippen LogP contribution in [0.15, 0.2) is 30.6 Å². The van der Waals surface area contributed by atoms with E-state index in [0.29, 0.717) is 33.7 Å². The number of benzene rings is 1. The number of anilines is 1. The van der Waals surface area contributed by atoms with Gasteiger partial charge >= 0.3 is 6.55 Å². The first kappa shape index (κ1) is 23.1. The number of hydrogen-bond donors (Lipinski definition) is 0. The van der Waals surface area contributed by atoms with Gasteiger partial charge in [-0.25, -0.2) is 28.4 Å². The molecule has 0 bridgehead atoms. The van der Waals surface area contributed by atoms with E-state index in [4.69, 9.17) is 4.74 Å². The van der Waals surface area contributed by atoms with Crippen molar-refractivity contribution in [2.75, 3.05) is 18.0 Å². The number of aromatic nitrogens is 6. The van der Waals surface area contributed by atoms with Crippen LogP contribution in [0, 0.1) is 25.5 Å². The van der Waals surface area contributed by atoms with Gasteiger partial charge in [-0.15, -0.1) is 0 Å². The maximum Gasteiger partial charge on any atom is 0.333 e. The maximum absolute atomic E-state index is 14.8. The first-order valence-electron chi connectivity index (χ1n) is 10.9. The highest BCUT2D eigenvalue weighted by Gasteiger charge is 2.30. The molecular formula is C23H21F4N7O. The van der Waals surface area contributed by atoms with Gasteiger partial charge in [0.2, 0.25) is 5.95 Å². The summed E-state index contributed by atoms with van der Waals surface area (Å²) in [5.74, 6) is -1.25. The van der Waals surface area contributed by atoms with Gasteiger partial charge in [0, 0.05) is 29.9 Å². The van der Waals surface area contributed by atoms with Crippen molar-refractivity contribution in [2.24, 2.45) is 0 Å². The normalized spacial score (nSPS) is 18.6. The van der Waals surface area contributed by atoms with Crippen LogP contribution in [0.5, 0.6) is 0 Å². The number of ether oxygens (including phenoxy) is 1. The Morgan fingerprint density at radius 1 is 1.03 bits per heavy atom. The number of nitrogens with zero attached hydrogens (tertiary/aromatic N) is 7. The molecule has 3 aromatic heterocycles. The Morgan fingerprint density at radius 3 is 2.51 bits per heavy atom. The van der Waals surface area contributed by atoms with Gasteiger partial charge in [0.15, 0.2) is 5.65 Å². The molecule has 0 saturated carbocycles. The highest BCUT2D eigenvalue weighted by Crippen LogP contribution is 2.32. The fourth-order valence-corrected chi connectivity index (χ4v) is 4.04. The van der Waals surface area contributed by atoms with Crippen molar-refractivity contribution >= 4 is 17.1 Å². The van der Waals surface area contributed by atoms with E-state index in [0.717, 1.165) is 12.1 Å². The number of aryl methyl sites for hydroxylation is 2. The number of morpholine rings is 1. The summed E-state index contributed by atoms with van der Waals surface area (Å²) < 4.78 is 60.9. The van der Waals surface area contributed by atoms with Crippen LogP contribution in [0.3, 0.4) is 0 Å². The Hall–Kier alpha value is -3.67. The third-order valence-corrected chi connectivity index (χ3v) is 5.85. The van der Waals surface area contributed by atoms with Crippen LogP contribution in [-0.2, 0) is 4.74 Å². The van der Waals surface area contributed by atoms with E-state index >= 15 is 0 Å². The molecule has 5 rings (SSSR count). The number of hydrogen-bond acceptors (Lipinski definition) is 7. The zero-order chi connectivity index (χ0) is 24.9. The monoisotopic (exact) mass is 487 g/mol. The first-order valence-corrected chi connectivity index (χ1v) is 10.9. The molecule has 0 radical (unpaired) electrons. The Balaban J connectivity index is 1.60. The van der Waals surface area contributed by atoms with Crippen LogP contribution in [-0.4, -0.2) is 48.9 Å². The van der Waals surface area contributed by atoms with Gasteiger partial charge in [-0.05, 0) is 32.9 Å². The maximum atomic E-state index is 14.8. The minimum Gasteiger partial charge on any atom is -0.367 e. The SMILES string of the molecule is Cc1nc2nc(N3C[C@@H](C)O[C@H](c4cnn(C(F)F)c4)C3)nc(-c3ccc(F)cc3F)c2nc1C. The fraction of sp³-hybridized carbons (Fsp3) is 0.348. The van der Waals surface area contributed by atoms with Crippen molar-refractivity contribution in [3.63, 3.8) is 0 Å². The second-order valence-corrected chi connectivity index (χ2v) is 8.43. The quantitative estimate of drug-likeness (QED) is 0.391. The van der Waals surface area contributed by atoms with Crippen molar-refractivity contribution in [3.05, 3.63) is 59.2 Å². The molecule has 8 nitrogen and oxygen atoms in total. The zero-order valence-electron chi connectivity index (χ0n) is 19.1. The third-order valence-electron chi connectivity index (χ3n) is 5.85. The zero-order valence-corrected chi connectivity index (χ0v) is 19.1. The molecule has 1 saturated heterocycles. The molecule has 182 valence electrons. The minimum atomic E-state index is -2.76. The molecule has 4 aromatic rings. The molecule has 35 heavy (non-hydrogen) atoms. The van der Waals surface area contributed by atoms with E-state index in [-0.39, 0.29) is 35.5 Å². The van der Waals surface area contributed by atoms with Gasteiger partial charge in [0.05, 0.1) is 30.2 Å². The number of rotatable bonds is 4. The molecule has 0 unspecified atom stereocenters. The molecule has 0 spiro atoms. The van der Waals surface area contributed by atoms with Gasteiger partial charge in [0.25, 0.3) is 0 Å². The lowest BCUT2D eigenvalue weighted by atomic mass is 10.1. The van der Waals surface area contributed by atoms with E-state index in [1.165, 1.54) is 18.5 Å². The molecule has 2 atom stereocenters. The van der Waals surface area contributed by atoms with E-state index in [1.807, 2.05) is 11.8 Å². The van der Waals surface area contributed by atoms with Crippen LogP contribution in [0.1, 0.15) is 36.5 Å². The molecule has 0 N–H and O–H groups in total. The summed E-state index contributed by atoms with van der Waals surface area (Å²) in [5.41, 5.74) is 2.57. The van der Waals surface area contributed by atoms with E-state index < -0.39 is 24.3 Å². The Labute approximate surface area is 197 Å². The van der Waals surface area contributed by atoms with Crippen LogP contribution >= 0.6 is 0 Å². The van der Waals surface area contributed by atoms with Crippen molar-refractivity contribution in [1.82, 2.24) is 29.7 Å². The Bertz CT molecular complexity index is 1410. The van der Waals surface area contributed by atoms with E-state index in [9.17, 15) is 17.6 Å². The van der Waals surface area contributed by atoms with Crippen molar-refractivity contribution in [2.45, 2.75) is 39.5 Å².